The van der Waals surface area contributed by atoms with E-state index in [1.165, 1.54) is 6.21 Å². The maximum atomic E-state index is 10.1. The lowest BCUT2D eigenvalue weighted by atomic mass is 10.2. The first-order chi connectivity index (χ1) is 11.5. The van der Waals surface area contributed by atoms with Crippen LogP contribution in [0.3, 0.4) is 0 Å². The molecule has 7 heteroatoms. The van der Waals surface area contributed by atoms with E-state index in [2.05, 4.69) is 15.8 Å². The second-order valence-corrected chi connectivity index (χ2v) is 5.68. The first-order valence-electron chi connectivity index (χ1n) is 7.33. The Morgan fingerprint density at radius 3 is 2.83 bits per heavy atom. The lowest BCUT2D eigenvalue weighted by Gasteiger charge is -2.11. The number of thiocarbonyl (C=S) groups is 1. The van der Waals surface area contributed by atoms with E-state index in [9.17, 15) is 5.11 Å². The highest BCUT2D eigenvalue weighted by molar-refractivity contribution is 7.80. The molecule has 2 rings (SSSR count). The third-order valence-electron chi connectivity index (χ3n) is 3.22. The molecule has 0 aliphatic heterocycles. The van der Waals surface area contributed by atoms with Gasteiger partial charge in [-0.05, 0) is 55.9 Å². The molecule has 0 heterocycles. The number of hydrazone groups is 1. The fourth-order valence-corrected chi connectivity index (χ4v) is 2.31. The Morgan fingerprint density at radius 2 is 2.08 bits per heavy atom. The van der Waals surface area contributed by atoms with Gasteiger partial charge in [-0.15, -0.1) is 0 Å². The summed E-state index contributed by atoms with van der Waals surface area (Å²) in [5.74, 6) is 0.450. The summed E-state index contributed by atoms with van der Waals surface area (Å²) in [6, 6.07) is 10.7. The fourth-order valence-electron chi connectivity index (χ4n) is 1.97. The molecule has 0 unspecified atom stereocenters. The summed E-state index contributed by atoms with van der Waals surface area (Å²) in [4.78, 5) is 0. The monoisotopic (exact) mass is 363 g/mol. The molecule has 24 heavy (non-hydrogen) atoms. The van der Waals surface area contributed by atoms with Crippen LogP contribution in [0.4, 0.5) is 5.69 Å². The third kappa shape index (κ3) is 4.59. The molecular weight excluding hydrogens is 346 g/mol. The number of hydrogen-bond donors (Lipinski definition) is 3. The molecule has 0 radical (unpaired) electrons. The van der Waals surface area contributed by atoms with Crippen molar-refractivity contribution in [2.45, 2.75) is 13.8 Å². The Balaban J connectivity index is 2.00. The van der Waals surface area contributed by atoms with E-state index in [-0.39, 0.29) is 5.75 Å². The largest absolute Gasteiger partial charge is 0.504 e. The zero-order valence-corrected chi connectivity index (χ0v) is 14.9. The number of anilines is 1. The summed E-state index contributed by atoms with van der Waals surface area (Å²) in [5.41, 5.74) is 4.92. The molecule has 2 aromatic rings. The first-order valence-corrected chi connectivity index (χ1v) is 8.11. The maximum absolute atomic E-state index is 10.1. The van der Waals surface area contributed by atoms with Gasteiger partial charge in [0.15, 0.2) is 16.6 Å². The van der Waals surface area contributed by atoms with Crippen molar-refractivity contribution in [3.63, 3.8) is 0 Å². The summed E-state index contributed by atoms with van der Waals surface area (Å²) in [7, 11) is 0. The number of benzene rings is 2. The Morgan fingerprint density at radius 1 is 1.33 bits per heavy atom. The fraction of sp³-hybridized carbons (Fsp3) is 0.176. The van der Waals surface area contributed by atoms with Crippen LogP contribution in [-0.2, 0) is 0 Å². The molecule has 5 nitrogen and oxygen atoms in total. The van der Waals surface area contributed by atoms with Gasteiger partial charge in [-0.3, -0.25) is 5.43 Å². The minimum Gasteiger partial charge on any atom is -0.504 e. The predicted octanol–water partition coefficient (Wildman–Crippen LogP) is 4.07. The van der Waals surface area contributed by atoms with Crippen molar-refractivity contribution in [3.8, 4) is 11.5 Å². The summed E-state index contributed by atoms with van der Waals surface area (Å²) in [6.07, 6.45) is 1.47. The van der Waals surface area contributed by atoms with Gasteiger partial charge in [0, 0.05) is 16.3 Å². The average Bonchev–Trinajstić information content (AvgIpc) is 2.55. The number of para-hydroxylation sites is 1. The van der Waals surface area contributed by atoms with Crippen LogP contribution in [0.25, 0.3) is 0 Å². The summed E-state index contributed by atoms with van der Waals surface area (Å²) >= 11 is 11.3. The van der Waals surface area contributed by atoms with Crippen LogP contribution >= 0.6 is 23.8 Å². The lowest BCUT2D eigenvalue weighted by molar-refractivity contribution is 0.318. The SMILES string of the molecule is CCOc1cccc(/C=N/NC(=S)Nc2cccc(Cl)c2C)c1O. The minimum atomic E-state index is 0.0365. The zero-order chi connectivity index (χ0) is 17.5. The Kier molecular flexibility index (Phi) is 6.40. The Labute approximate surface area is 151 Å². The number of phenolic OH excluding ortho intramolecular Hbond substituents is 1. The van der Waals surface area contributed by atoms with Crippen molar-refractivity contribution in [2.75, 3.05) is 11.9 Å². The molecule has 0 amide bonds. The highest BCUT2D eigenvalue weighted by Crippen LogP contribution is 2.28. The molecule has 0 saturated heterocycles. The van der Waals surface area contributed by atoms with E-state index in [1.54, 1.807) is 18.2 Å². The van der Waals surface area contributed by atoms with Gasteiger partial charge >= 0.3 is 0 Å². The van der Waals surface area contributed by atoms with Gasteiger partial charge < -0.3 is 15.2 Å². The minimum absolute atomic E-state index is 0.0365. The van der Waals surface area contributed by atoms with Gasteiger partial charge in [-0.2, -0.15) is 5.10 Å². The molecule has 0 aromatic heterocycles. The number of rotatable bonds is 5. The Hall–Kier alpha value is -2.31. The second-order valence-electron chi connectivity index (χ2n) is 4.86. The van der Waals surface area contributed by atoms with Crippen LogP contribution < -0.4 is 15.5 Å². The maximum Gasteiger partial charge on any atom is 0.191 e. The van der Waals surface area contributed by atoms with E-state index < -0.39 is 0 Å². The van der Waals surface area contributed by atoms with Crippen LogP contribution in [0.2, 0.25) is 5.02 Å². The van der Waals surface area contributed by atoms with E-state index >= 15 is 0 Å². The van der Waals surface area contributed by atoms with Crippen molar-refractivity contribution in [2.24, 2.45) is 5.10 Å². The molecule has 0 saturated carbocycles. The molecular formula is C17H18ClN3O2S. The molecule has 0 bridgehead atoms. The van der Waals surface area contributed by atoms with Gasteiger partial charge in [0.05, 0.1) is 12.8 Å². The van der Waals surface area contributed by atoms with Crippen LogP contribution in [-0.4, -0.2) is 23.0 Å². The Bertz CT molecular complexity index is 765. The molecule has 3 N–H and O–H groups in total. The first kappa shape index (κ1) is 18.0. The second kappa shape index (κ2) is 8.52. The zero-order valence-electron chi connectivity index (χ0n) is 13.3. The number of aromatic hydroxyl groups is 1. The number of nitrogens with one attached hydrogen (secondary N) is 2. The number of hydrogen-bond acceptors (Lipinski definition) is 4. The predicted molar refractivity (Wildman–Crippen MR) is 102 cm³/mol. The quantitative estimate of drug-likeness (QED) is 0.424. The summed E-state index contributed by atoms with van der Waals surface area (Å²) in [6.45, 7) is 4.22. The van der Waals surface area contributed by atoms with Crippen LogP contribution in [0, 0.1) is 6.92 Å². The lowest BCUT2D eigenvalue weighted by Crippen LogP contribution is -2.24. The highest BCUT2D eigenvalue weighted by atomic mass is 35.5. The van der Waals surface area contributed by atoms with Crippen molar-refractivity contribution in [1.29, 1.82) is 0 Å². The van der Waals surface area contributed by atoms with Crippen LogP contribution in [0.1, 0.15) is 18.1 Å². The normalized spacial score (nSPS) is 10.6. The average molecular weight is 364 g/mol. The molecule has 0 atom stereocenters. The van der Waals surface area contributed by atoms with Gasteiger partial charge in [0.25, 0.3) is 0 Å². The van der Waals surface area contributed by atoms with Crippen molar-refractivity contribution < 1.29 is 9.84 Å². The van der Waals surface area contributed by atoms with E-state index in [1.807, 2.05) is 32.0 Å². The van der Waals surface area contributed by atoms with Gasteiger partial charge in [-0.25, -0.2) is 0 Å². The number of halogens is 1. The smallest absolute Gasteiger partial charge is 0.191 e. The number of phenols is 1. The molecule has 2 aromatic carbocycles. The summed E-state index contributed by atoms with van der Waals surface area (Å²) in [5, 5.41) is 18.1. The standard InChI is InChI=1S/C17H18ClN3O2S/c1-3-23-15-9-4-6-12(16(15)22)10-19-21-17(24)20-14-8-5-7-13(18)11(14)2/h4-10,22H,3H2,1-2H3,(H2,20,21,24)/b19-10+. The number of nitrogens with zero attached hydrogens (tertiary/aromatic N) is 1. The van der Waals surface area contributed by atoms with Gasteiger partial charge in [0.1, 0.15) is 0 Å². The van der Waals surface area contributed by atoms with Crippen LogP contribution in [0.15, 0.2) is 41.5 Å². The third-order valence-corrected chi connectivity index (χ3v) is 3.82. The van der Waals surface area contributed by atoms with Crippen molar-refractivity contribution in [1.82, 2.24) is 5.43 Å². The van der Waals surface area contributed by atoms with E-state index in [4.69, 9.17) is 28.6 Å². The molecule has 0 spiro atoms. The van der Waals surface area contributed by atoms with E-state index in [0.717, 1.165) is 11.3 Å². The van der Waals surface area contributed by atoms with Gasteiger partial charge in [0.2, 0.25) is 0 Å². The number of ether oxygens (including phenoxy) is 1. The van der Waals surface area contributed by atoms with Crippen molar-refractivity contribution >= 4 is 40.8 Å². The van der Waals surface area contributed by atoms with Crippen LogP contribution in [0.5, 0.6) is 11.5 Å². The van der Waals surface area contributed by atoms with E-state index in [0.29, 0.717) is 28.1 Å². The molecule has 126 valence electrons. The topological polar surface area (TPSA) is 65.9 Å². The van der Waals surface area contributed by atoms with Gasteiger partial charge in [-0.1, -0.05) is 23.7 Å². The molecule has 0 aliphatic carbocycles. The molecule has 0 aliphatic rings. The highest BCUT2D eigenvalue weighted by Gasteiger charge is 2.06. The summed E-state index contributed by atoms with van der Waals surface area (Å²) < 4.78 is 5.33. The van der Waals surface area contributed by atoms with Crippen molar-refractivity contribution in [3.05, 3.63) is 52.5 Å². The molecule has 0 fully saturated rings.